The number of amides is 1. The molecule has 1 fully saturated rings. The Bertz CT molecular complexity index is 495. The van der Waals surface area contributed by atoms with Gasteiger partial charge in [-0.1, -0.05) is 0 Å². The lowest BCUT2D eigenvalue weighted by Crippen LogP contribution is -2.21. The number of ether oxygens (including phenoxy) is 1. The van der Waals surface area contributed by atoms with Crippen LogP contribution < -0.4 is 10.1 Å². The minimum absolute atomic E-state index is 0.102. The number of hydrogen-bond donors (Lipinski definition) is 1. The number of rotatable bonds is 4. The maximum absolute atomic E-state index is 11.8. The van der Waals surface area contributed by atoms with E-state index in [2.05, 4.69) is 5.32 Å². The Morgan fingerprint density at radius 1 is 1.42 bits per heavy atom. The van der Waals surface area contributed by atoms with Gasteiger partial charge in [-0.3, -0.25) is 14.9 Å². The average molecular weight is 264 g/mol. The number of nitrogens with zero attached hydrogens (tertiary/aromatic N) is 1. The molecule has 1 aromatic carbocycles. The standard InChI is InChI=1S/C13H16N2O4/c1-14-13(16)11-8-9(15(17)18)6-7-12(11)19-10-4-2-3-5-10/h6-8,10H,2-5H2,1H3,(H,14,16). The number of non-ortho nitro benzene ring substituents is 1. The van der Waals surface area contributed by atoms with Crippen LogP contribution in [0.1, 0.15) is 36.0 Å². The minimum atomic E-state index is -0.522. The lowest BCUT2D eigenvalue weighted by Gasteiger charge is -2.15. The Morgan fingerprint density at radius 2 is 2.11 bits per heavy atom. The second kappa shape index (κ2) is 5.69. The number of nitrogens with one attached hydrogen (secondary N) is 1. The molecule has 1 aliphatic carbocycles. The summed E-state index contributed by atoms with van der Waals surface area (Å²) in [7, 11) is 1.49. The van der Waals surface area contributed by atoms with Gasteiger partial charge in [-0.05, 0) is 31.7 Å². The zero-order valence-electron chi connectivity index (χ0n) is 10.7. The van der Waals surface area contributed by atoms with Gasteiger partial charge in [0.2, 0.25) is 0 Å². The van der Waals surface area contributed by atoms with Gasteiger partial charge in [0.1, 0.15) is 5.75 Å². The van der Waals surface area contributed by atoms with E-state index >= 15 is 0 Å². The molecule has 1 N–H and O–H groups in total. The molecule has 0 atom stereocenters. The Kier molecular flexibility index (Phi) is 3.99. The first-order valence-electron chi connectivity index (χ1n) is 6.29. The first kappa shape index (κ1) is 13.3. The van der Waals surface area contributed by atoms with Crippen LogP contribution in [0.4, 0.5) is 5.69 Å². The van der Waals surface area contributed by atoms with Gasteiger partial charge < -0.3 is 10.1 Å². The fourth-order valence-electron chi connectivity index (χ4n) is 2.23. The molecular formula is C13H16N2O4. The van der Waals surface area contributed by atoms with Crippen molar-refractivity contribution in [3.63, 3.8) is 0 Å². The quantitative estimate of drug-likeness (QED) is 0.668. The molecular weight excluding hydrogens is 248 g/mol. The van der Waals surface area contributed by atoms with Crippen molar-refractivity contribution in [3.8, 4) is 5.75 Å². The van der Waals surface area contributed by atoms with E-state index in [0.717, 1.165) is 25.7 Å². The Balaban J connectivity index is 2.29. The van der Waals surface area contributed by atoms with Crippen molar-refractivity contribution < 1.29 is 14.5 Å². The van der Waals surface area contributed by atoms with Crippen molar-refractivity contribution in [2.75, 3.05) is 7.05 Å². The van der Waals surface area contributed by atoms with Gasteiger partial charge in [0.05, 0.1) is 16.6 Å². The molecule has 2 rings (SSSR count). The normalized spacial score (nSPS) is 15.2. The molecule has 6 nitrogen and oxygen atoms in total. The van der Waals surface area contributed by atoms with Crippen LogP contribution in [0, 0.1) is 10.1 Å². The summed E-state index contributed by atoms with van der Waals surface area (Å²) in [5.41, 5.74) is 0.0981. The van der Waals surface area contributed by atoms with E-state index in [4.69, 9.17) is 4.74 Å². The first-order chi connectivity index (χ1) is 9.11. The number of nitro benzene ring substituents is 1. The summed E-state index contributed by atoms with van der Waals surface area (Å²) < 4.78 is 5.78. The molecule has 0 aromatic heterocycles. The second-order valence-electron chi connectivity index (χ2n) is 4.54. The van der Waals surface area contributed by atoms with Crippen molar-refractivity contribution >= 4 is 11.6 Å². The third-order valence-electron chi connectivity index (χ3n) is 3.24. The highest BCUT2D eigenvalue weighted by molar-refractivity contribution is 5.97. The Labute approximate surface area is 110 Å². The van der Waals surface area contributed by atoms with Gasteiger partial charge in [0.15, 0.2) is 0 Å². The van der Waals surface area contributed by atoms with Crippen molar-refractivity contribution in [2.45, 2.75) is 31.8 Å². The number of carbonyl (C=O) groups is 1. The number of nitro groups is 1. The molecule has 1 saturated carbocycles. The van der Waals surface area contributed by atoms with Crippen LogP contribution in [0.3, 0.4) is 0 Å². The van der Waals surface area contributed by atoms with Gasteiger partial charge in [-0.2, -0.15) is 0 Å². The molecule has 1 aromatic rings. The van der Waals surface area contributed by atoms with Crippen LogP contribution in [-0.2, 0) is 0 Å². The maximum Gasteiger partial charge on any atom is 0.270 e. The molecule has 6 heteroatoms. The van der Waals surface area contributed by atoms with Crippen LogP contribution >= 0.6 is 0 Å². The van der Waals surface area contributed by atoms with Crippen LogP contribution in [0.5, 0.6) is 5.75 Å². The molecule has 0 spiro atoms. The third-order valence-corrected chi connectivity index (χ3v) is 3.24. The first-order valence-corrected chi connectivity index (χ1v) is 6.29. The summed E-state index contributed by atoms with van der Waals surface area (Å²) in [6, 6.07) is 4.11. The molecule has 1 aliphatic rings. The van der Waals surface area contributed by atoms with Crippen molar-refractivity contribution in [3.05, 3.63) is 33.9 Å². The molecule has 19 heavy (non-hydrogen) atoms. The summed E-state index contributed by atoms with van der Waals surface area (Å²) in [4.78, 5) is 22.0. The predicted octanol–water partition coefficient (Wildman–Crippen LogP) is 2.28. The van der Waals surface area contributed by atoms with E-state index in [1.54, 1.807) is 0 Å². The van der Waals surface area contributed by atoms with E-state index in [9.17, 15) is 14.9 Å². The Morgan fingerprint density at radius 3 is 2.68 bits per heavy atom. The topological polar surface area (TPSA) is 81.5 Å². The van der Waals surface area contributed by atoms with Crippen molar-refractivity contribution in [2.24, 2.45) is 0 Å². The molecule has 0 radical (unpaired) electrons. The number of hydrogen-bond acceptors (Lipinski definition) is 4. The molecule has 0 saturated heterocycles. The maximum atomic E-state index is 11.8. The lowest BCUT2D eigenvalue weighted by molar-refractivity contribution is -0.384. The molecule has 102 valence electrons. The van der Waals surface area contributed by atoms with E-state index in [0.29, 0.717) is 5.75 Å². The van der Waals surface area contributed by atoms with Gasteiger partial charge in [-0.15, -0.1) is 0 Å². The highest BCUT2D eigenvalue weighted by Crippen LogP contribution is 2.29. The van der Waals surface area contributed by atoms with Gasteiger partial charge in [0, 0.05) is 19.2 Å². The fraction of sp³-hybridized carbons (Fsp3) is 0.462. The second-order valence-corrected chi connectivity index (χ2v) is 4.54. The molecule has 0 heterocycles. The number of carbonyl (C=O) groups excluding carboxylic acids is 1. The molecule has 1 amide bonds. The summed E-state index contributed by atoms with van der Waals surface area (Å²) in [6.07, 6.45) is 4.26. The van der Waals surface area contributed by atoms with E-state index in [1.165, 1.54) is 25.2 Å². The highest BCUT2D eigenvalue weighted by Gasteiger charge is 2.21. The summed E-state index contributed by atoms with van der Waals surface area (Å²) >= 11 is 0. The van der Waals surface area contributed by atoms with Crippen molar-refractivity contribution in [1.29, 1.82) is 0 Å². The zero-order valence-corrected chi connectivity index (χ0v) is 10.7. The monoisotopic (exact) mass is 264 g/mol. The number of benzene rings is 1. The SMILES string of the molecule is CNC(=O)c1cc([N+](=O)[O-])ccc1OC1CCCC1. The summed E-state index contributed by atoms with van der Waals surface area (Å²) in [5.74, 6) is 0.0357. The smallest absolute Gasteiger partial charge is 0.270 e. The Hall–Kier alpha value is -2.11. The lowest BCUT2D eigenvalue weighted by atomic mass is 10.1. The largest absolute Gasteiger partial charge is 0.490 e. The van der Waals surface area contributed by atoms with Crippen LogP contribution in [0.25, 0.3) is 0 Å². The van der Waals surface area contributed by atoms with Crippen LogP contribution in [0.2, 0.25) is 0 Å². The third kappa shape index (κ3) is 3.01. The fourth-order valence-corrected chi connectivity index (χ4v) is 2.23. The predicted molar refractivity (Wildman–Crippen MR) is 69.4 cm³/mol. The average Bonchev–Trinajstić information content (AvgIpc) is 2.91. The van der Waals surface area contributed by atoms with E-state index < -0.39 is 4.92 Å². The van der Waals surface area contributed by atoms with Crippen LogP contribution in [0.15, 0.2) is 18.2 Å². The molecule has 0 aliphatic heterocycles. The van der Waals surface area contributed by atoms with Crippen molar-refractivity contribution in [1.82, 2.24) is 5.32 Å². The minimum Gasteiger partial charge on any atom is -0.490 e. The zero-order chi connectivity index (χ0) is 13.8. The van der Waals surface area contributed by atoms with E-state index in [1.807, 2.05) is 0 Å². The van der Waals surface area contributed by atoms with Crippen LogP contribution in [-0.4, -0.2) is 24.0 Å². The van der Waals surface area contributed by atoms with Gasteiger partial charge in [-0.25, -0.2) is 0 Å². The highest BCUT2D eigenvalue weighted by atomic mass is 16.6. The molecule has 0 bridgehead atoms. The summed E-state index contributed by atoms with van der Waals surface area (Å²) in [5, 5.41) is 13.2. The van der Waals surface area contributed by atoms with E-state index in [-0.39, 0.29) is 23.3 Å². The van der Waals surface area contributed by atoms with Gasteiger partial charge in [0.25, 0.3) is 11.6 Å². The van der Waals surface area contributed by atoms with Gasteiger partial charge >= 0.3 is 0 Å². The molecule has 0 unspecified atom stereocenters. The summed E-state index contributed by atoms with van der Waals surface area (Å²) in [6.45, 7) is 0.